The van der Waals surface area contributed by atoms with Gasteiger partial charge in [0.25, 0.3) is 0 Å². The molecule has 1 aromatic rings. The summed E-state index contributed by atoms with van der Waals surface area (Å²) in [4.78, 5) is 24.0. The van der Waals surface area contributed by atoms with Crippen LogP contribution >= 0.6 is 0 Å². The quantitative estimate of drug-likeness (QED) is 0.919. The Morgan fingerprint density at radius 2 is 1.90 bits per heavy atom. The molecule has 0 saturated heterocycles. The Balaban J connectivity index is 2.12. The van der Waals surface area contributed by atoms with Gasteiger partial charge in [-0.15, -0.1) is 0 Å². The number of hydrogen-bond donors (Lipinski definition) is 1. The SMILES string of the molecule is CC(C(=O)O)N(C)C(=O)C1CC1c1c(F)cccc1F. The number of carbonyl (C=O) groups excluding carboxylic acids is 1. The van der Waals surface area contributed by atoms with E-state index in [0.29, 0.717) is 6.42 Å². The first-order chi connectivity index (χ1) is 9.34. The van der Waals surface area contributed by atoms with E-state index in [-0.39, 0.29) is 5.56 Å². The number of carbonyl (C=O) groups is 2. The molecule has 2 rings (SSSR count). The van der Waals surface area contributed by atoms with Crippen molar-refractivity contribution in [3.8, 4) is 0 Å². The van der Waals surface area contributed by atoms with Crippen molar-refractivity contribution in [1.82, 2.24) is 4.90 Å². The van der Waals surface area contributed by atoms with Crippen LogP contribution in [0.25, 0.3) is 0 Å². The molecule has 1 amide bonds. The fraction of sp³-hybridized carbons (Fsp3) is 0.429. The summed E-state index contributed by atoms with van der Waals surface area (Å²) in [6, 6.07) is 2.62. The normalized spacial score (nSPS) is 22.2. The van der Waals surface area contributed by atoms with Crippen LogP contribution < -0.4 is 0 Å². The summed E-state index contributed by atoms with van der Waals surface area (Å²) < 4.78 is 27.2. The Morgan fingerprint density at radius 1 is 1.35 bits per heavy atom. The van der Waals surface area contributed by atoms with Gasteiger partial charge in [-0.3, -0.25) is 4.79 Å². The lowest BCUT2D eigenvalue weighted by atomic mass is 10.1. The van der Waals surface area contributed by atoms with E-state index in [1.807, 2.05) is 0 Å². The number of nitrogens with zero attached hydrogens (tertiary/aromatic N) is 1. The van der Waals surface area contributed by atoms with Gasteiger partial charge >= 0.3 is 5.97 Å². The van der Waals surface area contributed by atoms with Gasteiger partial charge in [0.05, 0.1) is 0 Å². The smallest absolute Gasteiger partial charge is 0.326 e. The van der Waals surface area contributed by atoms with Crippen molar-refractivity contribution in [3.05, 3.63) is 35.4 Å². The highest BCUT2D eigenvalue weighted by Crippen LogP contribution is 2.50. The van der Waals surface area contributed by atoms with E-state index in [0.717, 1.165) is 17.0 Å². The topological polar surface area (TPSA) is 57.6 Å². The molecule has 1 aromatic carbocycles. The Labute approximate surface area is 115 Å². The van der Waals surface area contributed by atoms with Crippen LogP contribution in [-0.4, -0.2) is 35.0 Å². The maximum absolute atomic E-state index is 13.6. The molecular formula is C14H15F2NO3. The van der Waals surface area contributed by atoms with Gasteiger partial charge in [-0.1, -0.05) is 6.07 Å². The number of amides is 1. The molecule has 1 aliphatic rings. The van der Waals surface area contributed by atoms with E-state index in [4.69, 9.17) is 5.11 Å². The van der Waals surface area contributed by atoms with E-state index in [1.54, 1.807) is 0 Å². The summed E-state index contributed by atoms with van der Waals surface area (Å²) in [6.45, 7) is 1.39. The first-order valence-electron chi connectivity index (χ1n) is 6.28. The number of carboxylic acid groups (broad SMARTS) is 1. The molecule has 0 spiro atoms. The average molecular weight is 283 g/mol. The van der Waals surface area contributed by atoms with E-state index in [2.05, 4.69) is 0 Å². The molecule has 0 aliphatic heterocycles. The summed E-state index contributed by atoms with van der Waals surface area (Å²) >= 11 is 0. The van der Waals surface area contributed by atoms with E-state index >= 15 is 0 Å². The second kappa shape index (κ2) is 5.19. The fourth-order valence-electron chi connectivity index (χ4n) is 2.27. The van der Waals surface area contributed by atoms with Crippen LogP contribution in [0.1, 0.15) is 24.8 Å². The van der Waals surface area contributed by atoms with Gasteiger partial charge in [-0.05, 0) is 25.5 Å². The molecule has 3 unspecified atom stereocenters. The molecule has 1 fully saturated rings. The Morgan fingerprint density at radius 3 is 2.40 bits per heavy atom. The molecule has 0 bridgehead atoms. The van der Waals surface area contributed by atoms with Crippen molar-refractivity contribution in [3.63, 3.8) is 0 Å². The third kappa shape index (κ3) is 2.50. The van der Waals surface area contributed by atoms with Crippen molar-refractivity contribution < 1.29 is 23.5 Å². The van der Waals surface area contributed by atoms with Crippen LogP contribution in [0, 0.1) is 17.6 Å². The molecule has 0 aromatic heterocycles. The van der Waals surface area contributed by atoms with Crippen molar-refractivity contribution in [2.75, 3.05) is 7.05 Å². The van der Waals surface area contributed by atoms with Gasteiger partial charge in [0.15, 0.2) is 0 Å². The molecule has 6 heteroatoms. The molecule has 1 saturated carbocycles. The lowest BCUT2D eigenvalue weighted by Gasteiger charge is -2.21. The predicted molar refractivity (Wildman–Crippen MR) is 67.1 cm³/mol. The van der Waals surface area contributed by atoms with Crippen LogP contribution in [0.15, 0.2) is 18.2 Å². The van der Waals surface area contributed by atoms with Gasteiger partial charge in [0, 0.05) is 24.4 Å². The maximum Gasteiger partial charge on any atom is 0.326 e. The zero-order chi connectivity index (χ0) is 15.0. The minimum atomic E-state index is -1.12. The zero-order valence-electron chi connectivity index (χ0n) is 11.1. The van der Waals surface area contributed by atoms with E-state index in [1.165, 1.54) is 20.0 Å². The summed E-state index contributed by atoms with van der Waals surface area (Å²) in [5.41, 5.74) is -0.0813. The highest BCUT2D eigenvalue weighted by atomic mass is 19.1. The number of aliphatic carboxylic acids is 1. The molecule has 3 atom stereocenters. The molecule has 1 N–H and O–H groups in total. The third-order valence-electron chi connectivity index (χ3n) is 3.76. The van der Waals surface area contributed by atoms with Crippen LogP contribution in [-0.2, 0) is 9.59 Å². The largest absolute Gasteiger partial charge is 0.480 e. The Bertz CT molecular complexity index is 541. The molecule has 0 radical (unpaired) electrons. The molecule has 4 nitrogen and oxygen atoms in total. The molecule has 1 aliphatic carbocycles. The first kappa shape index (κ1) is 14.4. The van der Waals surface area contributed by atoms with Gasteiger partial charge in [0.2, 0.25) is 5.91 Å². The zero-order valence-corrected chi connectivity index (χ0v) is 11.1. The van der Waals surface area contributed by atoms with Gasteiger partial charge in [-0.2, -0.15) is 0 Å². The number of hydrogen-bond acceptors (Lipinski definition) is 2. The minimum absolute atomic E-state index is 0.0813. The van der Waals surface area contributed by atoms with E-state index in [9.17, 15) is 18.4 Å². The standard InChI is InChI=1S/C14H15F2NO3/c1-7(14(19)20)17(2)13(18)9-6-8(9)12-10(15)4-3-5-11(12)16/h3-5,7-9H,6H2,1-2H3,(H,19,20). The lowest BCUT2D eigenvalue weighted by Crippen LogP contribution is -2.41. The minimum Gasteiger partial charge on any atom is -0.480 e. The Kier molecular flexibility index (Phi) is 3.74. The van der Waals surface area contributed by atoms with Crippen LogP contribution in [0.4, 0.5) is 8.78 Å². The maximum atomic E-state index is 13.6. The van der Waals surface area contributed by atoms with Gasteiger partial charge < -0.3 is 10.0 Å². The average Bonchev–Trinajstić information content (AvgIpc) is 3.16. The number of carboxylic acids is 1. The second-order valence-corrected chi connectivity index (χ2v) is 5.05. The summed E-state index contributed by atoms with van der Waals surface area (Å²) in [6.07, 6.45) is 0.341. The highest BCUT2D eigenvalue weighted by molar-refractivity contribution is 5.87. The summed E-state index contributed by atoms with van der Waals surface area (Å²) in [5.74, 6) is -3.90. The summed E-state index contributed by atoms with van der Waals surface area (Å²) in [5, 5.41) is 8.86. The summed E-state index contributed by atoms with van der Waals surface area (Å²) in [7, 11) is 1.38. The monoisotopic (exact) mass is 283 g/mol. The number of benzene rings is 1. The lowest BCUT2D eigenvalue weighted by molar-refractivity contribution is -0.148. The number of likely N-dealkylation sites (N-methyl/N-ethyl adjacent to an activating group) is 1. The molecular weight excluding hydrogens is 268 g/mol. The molecule has 0 heterocycles. The van der Waals surface area contributed by atoms with E-state index < -0.39 is 41.4 Å². The van der Waals surface area contributed by atoms with Crippen LogP contribution in [0.5, 0.6) is 0 Å². The second-order valence-electron chi connectivity index (χ2n) is 5.05. The van der Waals surface area contributed by atoms with Crippen LogP contribution in [0.2, 0.25) is 0 Å². The highest BCUT2D eigenvalue weighted by Gasteiger charge is 2.48. The predicted octanol–water partition coefficient (Wildman–Crippen LogP) is 2.00. The van der Waals surface area contributed by atoms with Crippen molar-refractivity contribution in [1.29, 1.82) is 0 Å². The van der Waals surface area contributed by atoms with Crippen LogP contribution in [0.3, 0.4) is 0 Å². The first-order valence-corrected chi connectivity index (χ1v) is 6.28. The Hall–Kier alpha value is -1.98. The van der Waals surface area contributed by atoms with Gasteiger partial charge in [-0.25, -0.2) is 13.6 Å². The third-order valence-corrected chi connectivity index (χ3v) is 3.76. The van der Waals surface area contributed by atoms with Crippen molar-refractivity contribution >= 4 is 11.9 Å². The number of rotatable bonds is 4. The molecule has 108 valence electrons. The van der Waals surface area contributed by atoms with Crippen molar-refractivity contribution in [2.45, 2.75) is 25.3 Å². The van der Waals surface area contributed by atoms with Crippen molar-refractivity contribution in [2.24, 2.45) is 5.92 Å². The van der Waals surface area contributed by atoms with Gasteiger partial charge in [0.1, 0.15) is 17.7 Å². The number of halogens is 2. The molecule has 20 heavy (non-hydrogen) atoms. The fourth-order valence-corrected chi connectivity index (χ4v) is 2.27.